The predicted molar refractivity (Wildman–Crippen MR) is 116 cm³/mol. The Balaban J connectivity index is 2.23. The monoisotopic (exact) mass is 397 g/mol. The highest BCUT2D eigenvalue weighted by Gasteiger charge is 2.27. The molecule has 3 rings (SSSR count). The summed E-state index contributed by atoms with van der Waals surface area (Å²) >= 11 is 0. The molecule has 0 amide bonds. The minimum Gasteiger partial charge on any atom is -0.364 e. The van der Waals surface area contributed by atoms with Crippen molar-refractivity contribution in [1.29, 1.82) is 0 Å². The standard InChI is InChI=1S/C22H27N3O2S/c1-22(2,3)25-16-19(23-28(26,27)18-14-10-7-11-15-18)20(21(25)24(4)5)17-12-8-6-9-13-17/h6-16,23H,1-5H3. The largest absolute Gasteiger partial charge is 0.364 e. The lowest BCUT2D eigenvalue weighted by Crippen LogP contribution is -2.26. The van der Waals surface area contributed by atoms with Gasteiger partial charge in [-0.3, -0.25) is 4.72 Å². The molecular formula is C22H27N3O2S. The number of sulfonamides is 1. The van der Waals surface area contributed by atoms with Crippen LogP contribution in [0, 0.1) is 0 Å². The number of benzene rings is 2. The minimum atomic E-state index is -3.70. The fourth-order valence-electron chi connectivity index (χ4n) is 3.22. The number of rotatable bonds is 5. The second-order valence-corrected chi connectivity index (χ2v) is 9.64. The Morgan fingerprint density at radius 1 is 0.893 bits per heavy atom. The van der Waals surface area contributed by atoms with E-state index in [0.29, 0.717) is 5.69 Å². The third kappa shape index (κ3) is 3.92. The first-order chi connectivity index (χ1) is 13.1. The fourth-order valence-corrected chi connectivity index (χ4v) is 4.29. The average Bonchev–Trinajstić information content (AvgIpc) is 3.02. The minimum absolute atomic E-state index is 0.223. The van der Waals surface area contributed by atoms with E-state index in [4.69, 9.17) is 0 Å². The zero-order valence-electron chi connectivity index (χ0n) is 17.0. The number of nitrogens with zero attached hydrogens (tertiary/aromatic N) is 2. The van der Waals surface area contributed by atoms with Crippen LogP contribution >= 0.6 is 0 Å². The van der Waals surface area contributed by atoms with Gasteiger partial charge in [0.2, 0.25) is 0 Å². The number of nitrogens with one attached hydrogen (secondary N) is 1. The average molecular weight is 398 g/mol. The van der Waals surface area contributed by atoms with Gasteiger partial charge in [0.05, 0.1) is 10.6 Å². The van der Waals surface area contributed by atoms with Gasteiger partial charge in [-0.1, -0.05) is 48.5 Å². The molecule has 0 fully saturated rings. The maximum Gasteiger partial charge on any atom is 0.261 e. The van der Waals surface area contributed by atoms with Gasteiger partial charge in [-0.2, -0.15) is 0 Å². The summed E-state index contributed by atoms with van der Waals surface area (Å²) in [6.45, 7) is 6.30. The Labute approximate surface area is 167 Å². The highest BCUT2D eigenvalue weighted by molar-refractivity contribution is 7.92. The summed E-state index contributed by atoms with van der Waals surface area (Å²) < 4.78 is 30.9. The van der Waals surface area contributed by atoms with Gasteiger partial charge in [-0.05, 0) is 38.5 Å². The van der Waals surface area contributed by atoms with Crippen LogP contribution in [0.2, 0.25) is 0 Å². The van der Waals surface area contributed by atoms with Gasteiger partial charge in [-0.15, -0.1) is 0 Å². The molecular weight excluding hydrogens is 370 g/mol. The molecule has 0 bridgehead atoms. The molecule has 0 radical (unpaired) electrons. The molecule has 1 heterocycles. The summed E-state index contributed by atoms with van der Waals surface area (Å²) in [6.07, 6.45) is 1.89. The molecule has 1 N–H and O–H groups in total. The molecule has 0 saturated heterocycles. The van der Waals surface area contributed by atoms with Crippen molar-refractivity contribution in [2.45, 2.75) is 31.2 Å². The van der Waals surface area contributed by atoms with Gasteiger partial charge < -0.3 is 9.47 Å². The zero-order valence-corrected chi connectivity index (χ0v) is 17.8. The first-order valence-electron chi connectivity index (χ1n) is 9.18. The summed E-state index contributed by atoms with van der Waals surface area (Å²) in [6, 6.07) is 18.3. The van der Waals surface area contributed by atoms with Crippen molar-refractivity contribution in [2.75, 3.05) is 23.7 Å². The molecule has 0 aliphatic carbocycles. The van der Waals surface area contributed by atoms with Crippen LogP contribution in [0.4, 0.5) is 11.5 Å². The van der Waals surface area contributed by atoms with Gasteiger partial charge in [0.1, 0.15) is 5.82 Å². The number of aromatic nitrogens is 1. The van der Waals surface area contributed by atoms with Crippen molar-refractivity contribution in [3.8, 4) is 11.1 Å². The normalized spacial score (nSPS) is 12.0. The lowest BCUT2D eigenvalue weighted by molar-refractivity contribution is 0.400. The SMILES string of the molecule is CN(C)c1c(-c2ccccc2)c(NS(=O)(=O)c2ccccc2)cn1C(C)(C)C. The van der Waals surface area contributed by atoms with E-state index in [-0.39, 0.29) is 10.4 Å². The Kier molecular flexibility index (Phi) is 5.26. The van der Waals surface area contributed by atoms with Gasteiger partial charge in [0, 0.05) is 31.4 Å². The number of hydrogen-bond acceptors (Lipinski definition) is 3. The van der Waals surface area contributed by atoms with Crippen molar-refractivity contribution in [3.05, 3.63) is 66.9 Å². The van der Waals surface area contributed by atoms with Crippen molar-refractivity contribution in [1.82, 2.24) is 4.57 Å². The Morgan fingerprint density at radius 3 is 1.93 bits per heavy atom. The van der Waals surface area contributed by atoms with Crippen LogP contribution in [0.15, 0.2) is 71.8 Å². The van der Waals surface area contributed by atoms with E-state index >= 15 is 0 Å². The molecule has 5 nitrogen and oxygen atoms in total. The van der Waals surface area contributed by atoms with Gasteiger partial charge >= 0.3 is 0 Å². The highest BCUT2D eigenvalue weighted by Crippen LogP contribution is 2.42. The second-order valence-electron chi connectivity index (χ2n) is 7.96. The molecule has 28 heavy (non-hydrogen) atoms. The zero-order chi connectivity index (χ0) is 20.5. The quantitative estimate of drug-likeness (QED) is 0.674. The van der Waals surface area contributed by atoms with E-state index in [1.807, 2.05) is 55.5 Å². The smallest absolute Gasteiger partial charge is 0.261 e. The molecule has 0 spiro atoms. The van der Waals surface area contributed by atoms with Crippen LogP contribution in [-0.2, 0) is 15.6 Å². The molecule has 0 aliphatic rings. The van der Waals surface area contributed by atoms with Crippen LogP contribution in [-0.4, -0.2) is 27.1 Å². The third-order valence-electron chi connectivity index (χ3n) is 4.49. The second kappa shape index (κ2) is 7.36. The third-order valence-corrected chi connectivity index (χ3v) is 5.87. The molecule has 0 aliphatic heterocycles. The summed E-state index contributed by atoms with van der Waals surface area (Å²) in [5.74, 6) is 0.949. The molecule has 6 heteroatoms. The summed E-state index contributed by atoms with van der Waals surface area (Å²) in [5, 5.41) is 0. The maximum absolute atomic E-state index is 13.0. The maximum atomic E-state index is 13.0. The summed E-state index contributed by atoms with van der Waals surface area (Å²) in [4.78, 5) is 2.26. The van der Waals surface area contributed by atoms with Crippen LogP contribution in [0.1, 0.15) is 20.8 Å². The predicted octanol–water partition coefficient (Wildman–Crippen LogP) is 4.78. The fraction of sp³-hybridized carbons (Fsp3) is 0.273. The van der Waals surface area contributed by atoms with Crippen molar-refractivity contribution in [2.24, 2.45) is 0 Å². The van der Waals surface area contributed by atoms with Crippen LogP contribution < -0.4 is 9.62 Å². The first-order valence-corrected chi connectivity index (χ1v) is 10.7. The molecule has 0 unspecified atom stereocenters. The van der Waals surface area contributed by atoms with E-state index in [0.717, 1.165) is 16.9 Å². The topological polar surface area (TPSA) is 54.3 Å². The number of hydrogen-bond donors (Lipinski definition) is 1. The molecule has 0 atom stereocenters. The van der Waals surface area contributed by atoms with Gasteiger partial charge in [0.15, 0.2) is 0 Å². The van der Waals surface area contributed by atoms with E-state index in [9.17, 15) is 8.42 Å². The lowest BCUT2D eigenvalue weighted by Gasteiger charge is -2.28. The molecule has 0 saturated carbocycles. The Hall–Kier alpha value is -2.73. The van der Waals surface area contributed by atoms with E-state index in [2.05, 4.69) is 30.1 Å². The van der Waals surface area contributed by atoms with Crippen LogP contribution in [0.25, 0.3) is 11.1 Å². The van der Waals surface area contributed by atoms with E-state index in [1.165, 1.54) is 0 Å². The van der Waals surface area contributed by atoms with Crippen molar-refractivity contribution < 1.29 is 8.42 Å². The Morgan fingerprint density at radius 2 is 1.43 bits per heavy atom. The van der Waals surface area contributed by atoms with E-state index < -0.39 is 10.0 Å². The summed E-state index contributed by atoms with van der Waals surface area (Å²) in [7, 11) is 0.243. The van der Waals surface area contributed by atoms with Gasteiger partial charge in [0.25, 0.3) is 10.0 Å². The molecule has 3 aromatic rings. The molecule has 1 aromatic heterocycles. The number of anilines is 2. The van der Waals surface area contributed by atoms with Crippen LogP contribution in [0.5, 0.6) is 0 Å². The van der Waals surface area contributed by atoms with Crippen molar-refractivity contribution >= 4 is 21.5 Å². The van der Waals surface area contributed by atoms with Crippen LogP contribution in [0.3, 0.4) is 0 Å². The highest BCUT2D eigenvalue weighted by atomic mass is 32.2. The lowest BCUT2D eigenvalue weighted by atomic mass is 10.1. The first kappa shape index (κ1) is 20.0. The Bertz CT molecular complexity index is 1050. The summed E-state index contributed by atoms with van der Waals surface area (Å²) in [5.41, 5.74) is 2.16. The van der Waals surface area contributed by atoms with Crippen molar-refractivity contribution in [3.63, 3.8) is 0 Å². The van der Waals surface area contributed by atoms with Gasteiger partial charge in [-0.25, -0.2) is 8.42 Å². The molecule has 148 valence electrons. The molecule has 2 aromatic carbocycles. The van der Waals surface area contributed by atoms with E-state index in [1.54, 1.807) is 30.3 Å².